The molecule has 1 aliphatic heterocycles. The number of ether oxygens (including phenoxy) is 1. The first-order chi connectivity index (χ1) is 12.4. The van der Waals surface area contributed by atoms with Crippen molar-refractivity contribution >= 4 is 12.1 Å². The molecular weight excluding hydrogens is 413 g/mol. The largest absolute Gasteiger partial charge is 0.542 e. The van der Waals surface area contributed by atoms with Crippen molar-refractivity contribution in [3.05, 3.63) is 6.42 Å². The first kappa shape index (κ1) is 22.1. The summed E-state index contributed by atoms with van der Waals surface area (Å²) < 4.78 is 5.87. The van der Waals surface area contributed by atoms with E-state index in [4.69, 9.17) is 9.53 Å². The fourth-order valence-electron chi connectivity index (χ4n) is 7.78. The summed E-state index contributed by atoms with van der Waals surface area (Å²) in [6, 6.07) is 0. The molecule has 1 saturated heterocycles. The molecule has 0 aromatic rings. The van der Waals surface area contributed by atoms with Crippen molar-refractivity contribution in [1.29, 1.82) is 0 Å². The summed E-state index contributed by atoms with van der Waals surface area (Å²) >= 11 is 0. The molecule has 0 N–H and O–H groups in total. The molecule has 27 heavy (non-hydrogen) atoms. The molecule has 149 valence electrons. The molecule has 5 aliphatic rings. The van der Waals surface area contributed by atoms with Crippen molar-refractivity contribution in [2.75, 3.05) is 0 Å². The number of carbonyl (C=O) groups is 1. The number of hydrogen-bond acceptors (Lipinski definition) is 3. The molecule has 9 atom stereocenters. The van der Waals surface area contributed by atoms with E-state index in [-0.39, 0.29) is 32.7 Å². The number of Topliss-reactive ketones (excluding diaryl/α,β-unsaturated/α-hetero) is 1. The van der Waals surface area contributed by atoms with E-state index < -0.39 is 0 Å². The molecule has 3 nitrogen and oxygen atoms in total. The van der Waals surface area contributed by atoms with E-state index in [1.807, 2.05) is 0 Å². The maximum absolute atomic E-state index is 13.2. The van der Waals surface area contributed by atoms with E-state index in [2.05, 4.69) is 27.2 Å². The zero-order chi connectivity index (χ0) is 18.7. The van der Waals surface area contributed by atoms with Crippen LogP contribution in [-0.4, -0.2) is 24.3 Å². The molecule has 0 amide bonds. The molecule has 5 fully saturated rings. The van der Waals surface area contributed by atoms with Crippen LogP contribution in [0.3, 0.4) is 0 Å². The Bertz CT molecular complexity index is 592. The minimum absolute atomic E-state index is 0. The molecule has 5 rings (SSSR count). The Morgan fingerprint density at radius 2 is 1.78 bits per heavy atom. The van der Waals surface area contributed by atoms with Crippen molar-refractivity contribution in [2.45, 2.75) is 84.8 Å². The third-order valence-electron chi connectivity index (χ3n) is 9.19. The van der Waals surface area contributed by atoms with Gasteiger partial charge >= 0.3 is 0 Å². The van der Waals surface area contributed by atoms with E-state index >= 15 is 0 Å². The van der Waals surface area contributed by atoms with Crippen LogP contribution in [0.4, 0.5) is 0 Å². The first-order valence-corrected chi connectivity index (χ1v) is 10.7. The summed E-state index contributed by atoms with van der Waals surface area (Å²) in [5.74, 6) is 3.58. The molecule has 0 bridgehead atoms. The second-order valence-corrected chi connectivity index (χ2v) is 10.0. The maximum atomic E-state index is 13.2. The van der Waals surface area contributed by atoms with Crippen molar-refractivity contribution in [3.8, 4) is 0 Å². The third kappa shape index (κ3) is 3.36. The maximum Gasteiger partial charge on any atom is 0.136 e. The Balaban J connectivity index is 0.000000495. The Hall–Kier alpha value is 0.404. The molecule has 4 heteroatoms. The average Bonchev–Trinajstić information content (AvgIpc) is 3.24. The third-order valence-corrected chi connectivity index (χ3v) is 9.19. The fraction of sp³-hybridized carbons (Fsp3) is 0.870. The molecule has 4 saturated carbocycles. The van der Waals surface area contributed by atoms with Gasteiger partial charge in [0.05, 0.1) is 12.2 Å². The summed E-state index contributed by atoms with van der Waals surface area (Å²) in [6.45, 7) is 8.56. The zero-order valence-electron chi connectivity index (χ0n) is 17.4. The van der Waals surface area contributed by atoms with Gasteiger partial charge in [0, 0.05) is 45.0 Å². The van der Waals surface area contributed by atoms with Crippen molar-refractivity contribution in [1.82, 2.24) is 0 Å². The van der Waals surface area contributed by atoms with Gasteiger partial charge in [-0.1, -0.05) is 32.1 Å². The number of carbonyl (C=O) groups excluding carboxylic acids is 2. The van der Waals surface area contributed by atoms with E-state index in [1.165, 1.54) is 45.3 Å². The van der Waals surface area contributed by atoms with Gasteiger partial charge in [0.2, 0.25) is 0 Å². The number of rotatable bonds is 1. The monoisotopic (exact) mass is 447 g/mol. The smallest absolute Gasteiger partial charge is 0.136 e. The van der Waals surface area contributed by atoms with Crippen LogP contribution in [0.5, 0.6) is 0 Å². The van der Waals surface area contributed by atoms with Gasteiger partial charge in [-0.05, 0) is 48.9 Å². The van der Waals surface area contributed by atoms with E-state index in [1.54, 1.807) is 0 Å². The summed E-state index contributed by atoms with van der Waals surface area (Å²) in [6.07, 6.45) is 13.4. The molecule has 0 spiro atoms. The van der Waals surface area contributed by atoms with Crippen LogP contribution < -0.4 is 0 Å². The minimum atomic E-state index is 0. The number of epoxide rings is 1. The molecule has 3 unspecified atom stereocenters. The Labute approximate surface area is 190 Å². The van der Waals surface area contributed by atoms with Crippen molar-refractivity contribution in [3.63, 3.8) is 0 Å². The van der Waals surface area contributed by atoms with Crippen LogP contribution in [0.2, 0.25) is 0 Å². The first-order valence-electron chi connectivity index (χ1n) is 10.7. The predicted octanol–water partition coefficient (Wildman–Crippen LogP) is 4.54. The topological polar surface area (TPSA) is 46.7 Å². The van der Waals surface area contributed by atoms with Gasteiger partial charge < -0.3 is 16.0 Å². The summed E-state index contributed by atoms with van der Waals surface area (Å²) in [7, 11) is 0. The van der Waals surface area contributed by atoms with Crippen LogP contribution in [0.1, 0.15) is 72.6 Å². The zero-order valence-corrected chi connectivity index (χ0v) is 20.2. The van der Waals surface area contributed by atoms with E-state index in [9.17, 15) is 4.79 Å². The van der Waals surface area contributed by atoms with Gasteiger partial charge in [0.25, 0.3) is 0 Å². The Morgan fingerprint density at radius 1 is 1.11 bits per heavy atom. The number of ketones is 1. The second kappa shape index (κ2) is 7.91. The van der Waals surface area contributed by atoms with Crippen LogP contribution in [0.15, 0.2) is 0 Å². The van der Waals surface area contributed by atoms with Crippen LogP contribution in [-0.2, 0) is 47.0 Å². The standard InChI is InChI=1S/C21H31O2.C2H3O.Y/c1-4-12-5-6-14-19-15(7-8-20(12,14)2)21(3)11-18-17(23-18)10-13(21)9-16(19)22;1-2-3;/h4,12-15,17-19H,5-11H2,1-3H3;1H3;/q2*-1;/t12-,13+,14?,15?,17+,18-,19?,20+,21-;;/m0../s1. The minimum Gasteiger partial charge on any atom is -0.542 e. The van der Waals surface area contributed by atoms with Crippen LogP contribution in [0, 0.1) is 46.8 Å². The second-order valence-electron chi connectivity index (χ2n) is 10.0. The van der Waals surface area contributed by atoms with Gasteiger partial charge in [-0.2, -0.15) is 19.8 Å². The molecule has 1 radical (unpaired) electrons. The normalized spacial score (nSPS) is 52.0. The average molecular weight is 447 g/mol. The van der Waals surface area contributed by atoms with Gasteiger partial charge in [-0.3, -0.25) is 11.1 Å². The number of fused-ring (bicyclic) bond motifs is 6. The van der Waals surface area contributed by atoms with Crippen molar-refractivity contribution in [2.24, 2.45) is 40.4 Å². The number of hydrogen-bond donors (Lipinski definition) is 0. The molecule has 4 aliphatic carbocycles. The SMILES string of the molecule is C[C-]=O.C[CH-][C@H]1CCC2C3C(=O)C[C@@H]4C[C@H]5O[C@H]5C[C@]4(C)C3CC[C@@]21C.[Y]. The molecule has 0 aromatic heterocycles. The van der Waals surface area contributed by atoms with Crippen LogP contribution >= 0.6 is 0 Å². The summed E-state index contributed by atoms with van der Waals surface area (Å²) in [4.78, 5) is 21.9. The summed E-state index contributed by atoms with van der Waals surface area (Å²) in [5, 5.41) is 0. The van der Waals surface area contributed by atoms with E-state index in [0.717, 1.165) is 18.8 Å². The molecule has 0 aromatic carbocycles. The fourth-order valence-corrected chi connectivity index (χ4v) is 7.78. The van der Waals surface area contributed by atoms with E-state index in [0.29, 0.717) is 52.5 Å². The van der Waals surface area contributed by atoms with Gasteiger partial charge in [-0.15, -0.1) is 0 Å². The molecule has 1 heterocycles. The van der Waals surface area contributed by atoms with Gasteiger partial charge in [-0.25, -0.2) is 0 Å². The quantitative estimate of drug-likeness (QED) is 0.438. The Kier molecular flexibility index (Phi) is 6.48. The van der Waals surface area contributed by atoms with Gasteiger partial charge in [0.1, 0.15) is 5.78 Å². The van der Waals surface area contributed by atoms with Crippen LogP contribution in [0.25, 0.3) is 0 Å². The van der Waals surface area contributed by atoms with Gasteiger partial charge in [0.15, 0.2) is 0 Å². The Morgan fingerprint density at radius 3 is 2.44 bits per heavy atom. The summed E-state index contributed by atoms with van der Waals surface area (Å²) in [5.41, 5.74) is 0.758. The molecular formula is C23H34O3Y-2. The predicted molar refractivity (Wildman–Crippen MR) is 101 cm³/mol. The van der Waals surface area contributed by atoms with Crippen molar-refractivity contribution < 1.29 is 47.0 Å².